The predicted octanol–water partition coefficient (Wildman–Crippen LogP) is 10.6. The number of sulfone groups is 1. The van der Waals surface area contributed by atoms with Gasteiger partial charge in [-0.1, -0.05) is 93.9 Å². The fourth-order valence-corrected chi connectivity index (χ4v) is 11.6. The number of unbranched alkanes of at least 4 members (excludes halogenated alkanes) is 1. The number of β-amino-alcohol motifs (C(OH)–C–C–N with tert-alkyl or cyclic N) is 2. The molecule has 7 nitrogen and oxygen atoms in total. The molecule has 0 unspecified atom stereocenters. The minimum atomic E-state index is -4.00. The molecule has 0 atom stereocenters. The van der Waals surface area contributed by atoms with Crippen molar-refractivity contribution in [3.8, 4) is 5.75 Å². The first-order chi connectivity index (χ1) is 28.9. The third-order valence-electron chi connectivity index (χ3n) is 12.7. The fourth-order valence-electron chi connectivity index (χ4n) is 9.84. The second-order valence-electron chi connectivity index (χ2n) is 17.2. The average Bonchev–Trinajstić information content (AvgIpc) is 3.60. The number of aliphatic hydroxyl groups excluding tert-OH is 2. The number of aliphatic hydroxyl groups is 2. The van der Waals surface area contributed by atoms with Crippen LogP contribution in [0, 0.1) is 0 Å². The Balaban J connectivity index is 1.27. The van der Waals surface area contributed by atoms with E-state index in [1.165, 1.54) is 21.9 Å². The number of hydrogen-bond donors (Lipinski definition) is 2. The highest BCUT2D eigenvalue weighted by atomic mass is 32.2. The van der Waals surface area contributed by atoms with Crippen molar-refractivity contribution >= 4 is 48.5 Å². The Labute approximate surface area is 355 Å². The smallest absolute Gasteiger partial charge is 0.210 e. The summed E-state index contributed by atoms with van der Waals surface area (Å²) in [5.41, 5.74) is 7.22. The summed E-state index contributed by atoms with van der Waals surface area (Å²) in [5.74, 6) is 0.649. The zero-order chi connectivity index (χ0) is 42.2. The summed E-state index contributed by atoms with van der Waals surface area (Å²) in [4.78, 5) is 2.75. The van der Waals surface area contributed by atoms with E-state index in [-0.39, 0.29) is 18.1 Å². The van der Waals surface area contributed by atoms with Crippen molar-refractivity contribution in [1.29, 1.82) is 0 Å². The Morgan fingerprint density at radius 1 is 0.767 bits per heavy atom. The van der Waals surface area contributed by atoms with Crippen molar-refractivity contribution in [2.45, 2.75) is 82.4 Å². The van der Waals surface area contributed by atoms with Gasteiger partial charge in [0.05, 0.1) is 28.4 Å². The van der Waals surface area contributed by atoms with Crippen LogP contribution < -0.4 is 9.64 Å². The van der Waals surface area contributed by atoms with Crippen LogP contribution in [0.15, 0.2) is 148 Å². The Bertz CT molecular complexity index is 2730. The molecular formula is C52H57N2O5S+. The van der Waals surface area contributed by atoms with Gasteiger partial charge in [0, 0.05) is 41.1 Å². The highest BCUT2D eigenvalue weighted by Gasteiger charge is 2.46. The Morgan fingerprint density at radius 2 is 1.45 bits per heavy atom. The molecular weight excluding hydrogens is 765 g/mol. The number of allylic oxidation sites excluding steroid dienone is 7. The number of benzene rings is 5. The molecule has 8 rings (SSSR count). The molecule has 0 bridgehead atoms. The van der Waals surface area contributed by atoms with E-state index in [0.29, 0.717) is 43.2 Å². The Kier molecular flexibility index (Phi) is 11.5. The zero-order valence-corrected chi connectivity index (χ0v) is 36.4. The summed E-state index contributed by atoms with van der Waals surface area (Å²) in [6.45, 7) is 12.3. The standard InChI is InChI=1S/C52H57N2O5S/c1-6-7-35-59-40-23-25-41(26-24-40)60(57,58)50-38(21-29-46-51(2,3)48-42-17-10-8-13-36(42)19-27-44(48)53(46)31-33-55)15-12-16-39(50)22-30-47-52(4,5)49-43-18-11-9-14-37(43)20-28-45(49)54(47)32-34-56/h8-11,13-14,17-30,55-56H,6-7,12,15-16,31-35H2,1-5H3/q+1. The molecule has 3 aliphatic rings. The Hall–Kier alpha value is -5.28. The maximum absolute atomic E-state index is 15.1. The van der Waals surface area contributed by atoms with E-state index in [1.807, 2.05) is 12.2 Å². The van der Waals surface area contributed by atoms with Gasteiger partial charge in [0.2, 0.25) is 15.5 Å². The molecule has 1 aliphatic carbocycles. The molecule has 0 aromatic heterocycles. The minimum Gasteiger partial charge on any atom is -0.494 e. The minimum absolute atomic E-state index is 0.0228. The van der Waals surface area contributed by atoms with Crippen LogP contribution in [-0.2, 0) is 20.7 Å². The van der Waals surface area contributed by atoms with Gasteiger partial charge in [-0.15, -0.1) is 0 Å². The first-order valence-corrected chi connectivity index (χ1v) is 22.9. The number of hydrogen-bond acceptors (Lipinski definition) is 6. The zero-order valence-electron chi connectivity index (χ0n) is 35.5. The molecule has 8 heteroatoms. The lowest BCUT2D eigenvalue weighted by molar-refractivity contribution is -0.440. The van der Waals surface area contributed by atoms with Gasteiger partial charge in [0.25, 0.3) is 0 Å². The monoisotopic (exact) mass is 821 g/mol. The fraction of sp³-hybridized carbons (Fsp3) is 0.327. The van der Waals surface area contributed by atoms with Crippen molar-refractivity contribution in [3.05, 3.63) is 154 Å². The van der Waals surface area contributed by atoms with Gasteiger partial charge in [-0.05, 0) is 120 Å². The van der Waals surface area contributed by atoms with Gasteiger partial charge < -0.3 is 19.8 Å². The van der Waals surface area contributed by atoms with Gasteiger partial charge in [-0.3, -0.25) is 0 Å². The van der Waals surface area contributed by atoms with E-state index < -0.39 is 20.7 Å². The summed E-state index contributed by atoms with van der Waals surface area (Å²) in [5, 5.41) is 25.3. The van der Waals surface area contributed by atoms with Crippen LogP contribution in [0.3, 0.4) is 0 Å². The van der Waals surface area contributed by atoms with E-state index in [0.717, 1.165) is 64.0 Å². The third-order valence-corrected chi connectivity index (χ3v) is 14.6. The maximum atomic E-state index is 15.1. The predicted molar refractivity (Wildman–Crippen MR) is 245 cm³/mol. The molecule has 5 aromatic rings. The van der Waals surface area contributed by atoms with E-state index in [1.54, 1.807) is 24.3 Å². The maximum Gasteiger partial charge on any atom is 0.210 e. The molecule has 0 amide bonds. The molecule has 60 heavy (non-hydrogen) atoms. The van der Waals surface area contributed by atoms with Crippen LogP contribution >= 0.6 is 0 Å². The molecule has 0 fully saturated rings. The Morgan fingerprint density at radius 3 is 2.13 bits per heavy atom. The van der Waals surface area contributed by atoms with Crippen molar-refractivity contribution in [3.63, 3.8) is 0 Å². The lowest BCUT2D eigenvalue weighted by atomic mass is 9.78. The first kappa shape index (κ1) is 41.5. The summed E-state index contributed by atoms with van der Waals surface area (Å²) >= 11 is 0. The lowest BCUT2D eigenvalue weighted by Gasteiger charge is -2.27. The number of fused-ring (bicyclic) bond motifs is 6. The number of anilines is 1. The highest BCUT2D eigenvalue weighted by Crippen LogP contribution is 2.51. The average molecular weight is 822 g/mol. The molecule has 0 radical (unpaired) electrons. The third kappa shape index (κ3) is 7.22. The van der Waals surface area contributed by atoms with E-state index in [9.17, 15) is 10.2 Å². The van der Waals surface area contributed by atoms with Crippen LogP contribution in [0.25, 0.3) is 21.5 Å². The van der Waals surface area contributed by atoms with Crippen LogP contribution in [0.1, 0.15) is 77.8 Å². The summed E-state index contributed by atoms with van der Waals surface area (Å²) in [6.07, 6.45) is 12.1. The van der Waals surface area contributed by atoms with Crippen LogP contribution in [-0.4, -0.2) is 61.8 Å². The van der Waals surface area contributed by atoms with Crippen molar-refractivity contribution in [2.75, 3.05) is 37.8 Å². The molecule has 5 aromatic carbocycles. The van der Waals surface area contributed by atoms with E-state index in [2.05, 4.69) is 129 Å². The molecule has 2 heterocycles. The summed E-state index contributed by atoms with van der Waals surface area (Å²) in [6, 6.07) is 32.2. The summed E-state index contributed by atoms with van der Waals surface area (Å²) < 4.78 is 38.3. The number of rotatable bonds is 13. The van der Waals surface area contributed by atoms with Gasteiger partial charge in [-0.2, -0.15) is 4.58 Å². The van der Waals surface area contributed by atoms with Gasteiger partial charge in [-0.25, -0.2) is 8.42 Å². The molecule has 0 spiro atoms. The SMILES string of the molecule is CCCCOc1ccc(S(=O)(=O)C2=C(/C=C/C3=[N+](CCO)c4ccc5ccccc5c4C3(C)C)CCC/C2=C\C=C2\N(CCO)c3ccc4ccccc4c3C2(C)C)cc1. The van der Waals surface area contributed by atoms with Crippen molar-refractivity contribution < 1.29 is 27.9 Å². The quantitative estimate of drug-likeness (QED) is 0.0908. The van der Waals surface area contributed by atoms with E-state index in [4.69, 9.17) is 4.74 Å². The van der Waals surface area contributed by atoms with Gasteiger partial charge >= 0.3 is 0 Å². The normalized spacial score (nSPS) is 18.8. The topological polar surface area (TPSA) is 90.1 Å². The molecule has 0 saturated carbocycles. The lowest BCUT2D eigenvalue weighted by Crippen LogP contribution is -2.28. The van der Waals surface area contributed by atoms with Crippen LogP contribution in [0.4, 0.5) is 11.4 Å². The highest BCUT2D eigenvalue weighted by molar-refractivity contribution is 7.95. The molecule has 2 N–H and O–H groups in total. The van der Waals surface area contributed by atoms with Crippen LogP contribution in [0.2, 0.25) is 0 Å². The van der Waals surface area contributed by atoms with E-state index >= 15 is 8.42 Å². The first-order valence-electron chi connectivity index (χ1n) is 21.4. The summed E-state index contributed by atoms with van der Waals surface area (Å²) in [7, 11) is -4.00. The second kappa shape index (κ2) is 16.6. The van der Waals surface area contributed by atoms with Gasteiger partial charge in [0.1, 0.15) is 12.4 Å². The number of nitrogens with zero attached hydrogens (tertiary/aromatic N) is 2. The van der Waals surface area contributed by atoms with Gasteiger partial charge in [0.15, 0.2) is 12.3 Å². The second-order valence-corrected chi connectivity index (χ2v) is 19.1. The largest absolute Gasteiger partial charge is 0.494 e. The van der Waals surface area contributed by atoms with Crippen molar-refractivity contribution in [2.24, 2.45) is 0 Å². The molecule has 310 valence electrons. The van der Waals surface area contributed by atoms with Crippen LogP contribution in [0.5, 0.6) is 5.75 Å². The van der Waals surface area contributed by atoms with Crippen molar-refractivity contribution in [1.82, 2.24) is 0 Å². The molecule has 0 saturated heterocycles. The number of ether oxygens (including phenoxy) is 1. The molecule has 2 aliphatic heterocycles.